The molecule has 2 aromatic heterocycles. The van der Waals surface area contributed by atoms with Crippen molar-refractivity contribution in [2.45, 2.75) is 0 Å². The first-order valence-corrected chi connectivity index (χ1v) is 6.57. The van der Waals surface area contributed by atoms with Gasteiger partial charge in [-0.3, -0.25) is 0 Å². The van der Waals surface area contributed by atoms with Crippen LogP contribution in [0.1, 0.15) is 0 Å². The monoisotopic (exact) mass is 288 g/mol. The molecule has 3 aromatic rings. The number of hydrogen-bond donors (Lipinski definition) is 3. The Morgan fingerprint density at radius 3 is 2.75 bits per heavy atom. The fourth-order valence-corrected chi connectivity index (χ4v) is 2.65. The minimum absolute atomic E-state index is 0.121. The minimum atomic E-state index is 0.121. The topological polar surface area (TPSA) is 112 Å². The molecule has 102 valence electrons. The van der Waals surface area contributed by atoms with Crippen LogP contribution in [0.15, 0.2) is 24.3 Å². The number of aromatic nitrogens is 3. The van der Waals surface area contributed by atoms with E-state index in [2.05, 4.69) is 20.3 Å². The molecule has 5 N–H and O–H groups in total. The predicted molar refractivity (Wildman–Crippen MR) is 80.3 cm³/mol. The zero-order chi connectivity index (χ0) is 14.1. The van der Waals surface area contributed by atoms with Crippen LogP contribution in [0.5, 0.6) is 5.75 Å². The fourth-order valence-electron chi connectivity index (χ4n) is 1.74. The number of thiazole rings is 1. The lowest BCUT2D eigenvalue weighted by Crippen LogP contribution is -2.02. The summed E-state index contributed by atoms with van der Waals surface area (Å²) in [4.78, 5) is 12.3. The molecule has 0 aliphatic carbocycles. The van der Waals surface area contributed by atoms with Crippen LogP contribution in [-0.2, 0) is 0 Å². The lowest BCUT2D eigenvalue weighted by molar-refractivity contribution is 0.415. The molecule has 0 saturated heterocycles. The van der Waals surface area contributed by atoms with Crippen LogP contribution in [0.3, 0.4) is 0 Å². The van der Waals surface area contributed by atoms with Crippen LogP contribution >= 0.6 is 11.3 Å². The van der Waals surface area contributed by atoms with E-state index in [-0.39, 0.29) is 5.95 Å². The van der Waals surface area contributed by atoms with Crippen molar-refractivity contribution in [2.24, 2.45) is 0 Å². The van der Waals surface area contributed by atoms with Crippen LogP contribution < -0.4 is 21.5 Å². The number of rotatable bonds is 3. The summed E-state index contributed by atoms with van der Waals surface area (Å²) in [6, 6.07) is 7.30. The maximum atomic E-state index is 5.62. The molecule has 0 amide bonds. The number of ether oxygens (including phenoxy) is 1. The highest BCUT2D eigenvalue weighted by Crippen LogP contribution is 2.30. The van der Waals surface area contributed by atoms with Gasteiger partial charge >= 0.3 is 0 Å². The standard InChI is InChI=1S/C12H12N6OS/c1-19-6-2-3-7-8(4-6)20-12(15-7)18-10-5-9(13)16-11(14)17-10/h2-5H,1H3,(H5,13,14,15,16,17,18). The second-order valence-electron chi connectivity index (χ2n) is 4.01. The van der Waals surface area contributed by atoms with Crippen molar-refractivity contribution in [1.29, 1.82) is 0 Å². The highest BCUT2D eigenvalue weighted by Gasteiger charge is 2.07. The molecule has 1 aromatic carbocycles. The summed E-state index contributed by atoms with van der Waals surface area (Å²) in [5.74, 6) is 1.74. The number of nitrogens with zero attached hydrogens (tertiary/aromatic N) is 3. The second kappa shape index (κ2) is 4.82. The van der Waals surface area contributed by atoms with Gasteiger partial charge in [-0.1, -0.05) is 11.3 Å². The lowest BCUT2D eigenvalue weighted by atomic mass is 10.3. The summed E-state index contributed by atoms with van der Waals surface area (Å²) >= 11 is 1.49. The van der Waals surface area contributed by atoms with Crippen LogP contribution in [-0.4, -0.2) is 22.1 Å². The Morgan fingerprint density at radius 1 is 1.15 bits per heavy atom. The van der Waals surface area contributed by atoms with Gasteiger partial charge in [0.2, 0.25) is 5.95 Å². The molecule has 0 saturated carbocycles. The highest BCUT2D eigenvalue weighted by atomic mass is 32.1. The number of fused-ring (bicyclic) bond motifs is 1. The van der Waals surface area contributed by atoms with E-state index in [0.717, 1.165) is 16.0 Å². The van der Waals surface area contributed by atoms with Crippen molar-refractivity contribution in [3.8, 4) is 5.75 Å². The Labute approximate surface area is 118 Å². The molecule has 0 unspecified atom stereocenters. The Kier molecular flexibility index (Phi) is 2.99. The summed E-state index contributed by atoms with van der Waals surface area (Å²) < 4.78 is 6.20. The summed E-state index contributed by atoms with van der Waals surface area (Å²) in [6.07, 6.45) is 0. The highest BCUT2D eigenvalue weighted by molar-refractivity contribution is 7.22. The smallest absolute Gasteiger partial charge is 0.223 e. The van der Waals surface area contributed by atoms with Crippen LogP contribution in [0.2, 0.25) is 0 Å². The van der Waals surface area contributed by atoms with E-state index in [4.69, 9.17) is 16.2 Å². The Morgan fingerprint density at radius 2 is 2.00 bits per heavy atom. The predicted octanol–water partition coefficient (Wildman–Crippen LogP) is 2.00. The van der Waals surface area contributed by atoms with Gasteiger partial charge in [-0.2, -0.15) is 9.97 Å². The molecule has 0 atom stereocenters. The van der Waals surface area contributed by atoms with Crippen LogP contribution in [0.25, 0.3) is 10.2 Å². The molecule has 20 heavy (non-hydrogen) atoms. The van der Waals surface area contributed by atoms with Crippen LogP contribution in [0.4, 0.5) is 22.7 Å². The van der Waals surface area contributed by atoms with Gasteiger partial charge in [0.05, 0.1) is 17.3 Å². The number of hydrogen-bond acceptors (Lipinski definition) is 8. The molecule has 8 heteroatoms. The summed E-state index contributed by atoms with van der Waals surface area (Å²) in [7, 11) is 1.63. The van der Waals surface area contributed by atoms with Gasteiger partial charge in [0.25, 0.3) is 0 Å². The van der Waals surface area contributed by atoms with E-state index in [1.165, 1.54) is 11.3 Å². The van der Waals surface area contributed by atoms with Gasteiger partial charge in [0, 0.05) is 6.07 Å². The van der Waals surface area contributed by atoms with Crippen molar-refractivity contribution < 1.29 is 4.74 Å². The van der Waals surface area contributed by atoms with Gasteiger partial charge in [-0.15, -0.1) is 0 Å². The average molecular weight is 288 g/mol. The zero-order valence-electron chi connectivity index (χ0n) is 10.6. The summed E-state index contributed by atoms with van der Waals surface area (Å²) in [5, 5.41) is 3.77. The number of nitrogens with one attached hydrogen (secondary N) is 1. The molecule has 2 heterocycles. The van der Waals surface area contributed by atoms with Crippen molar-refractivity contribution >= 4 is 44.3 Å². The Hall–Kier alpha value is -2.61. The normalized spacial score (nSPS) is 10.7. The van der Waals surface area contributed by atoms with E-state index >= 15 is 0 Å². The number of methoxy groups -OCH3 is 1. The quantitative estimate of drug-likeness (QED) is 0.675. The molecule has 3 rings (SSSR count). The Balaban J connectivity index is 1.94. The van der Waals surface area contributed by atoms with E-state index < -0.39 is 0 Å². The van der Waals surface area contributed by atoms with Crippen molar-refractivity contribution in [2.75, 3.05) is 23.9 Å². The van der Waals surface area contributed by atoms with Gasteiger partial charge in [-0.25, -0.2) is 4.98 Å². The van der Waals surface area contributed by atoms with Gasteiger partial charge in [-0.05, 0) is 18.2 Å². The minimum Gasteiger partial charge on any atom is -0.497 e. The molecule has 7 nitrogen and oxygen atoms in total. The maximum Gasteiger partial charge on any atom is 0.223 e. The fraction of sp³-hybridized carbons (Fsp3) is 0.0833. The number of nitrogens with two attached hydrogens (primary N) is 2. The first-order valence-electron chi connectivity index (χ1n) is 5.75. The maximum absolute atomic E-state index is 5.62. The third-order valence-corrected chi connectivity index (χ3v) is 3.53. The third kappa shape index (κ3) is 2.41. The first kappa shape index (κ1) is 12.4. The van der Waals surface area contributed by atoms with Crippen molar-refractivity contribution in [1.82, 2.24) is 15.0 Å². The summed E-state index contributed by atoms with van der Waals surface area (Å²) in [6.45, 7) is 0. The SMILES string of the molecule is COc1ccc2nc(Nc3cc(N)nc(N)n3)sc2c1. The van der Waals surface area contributed by atoms with E-state index in [1.54, 1.807) is 13.2 Å². The average Bonchev–Trinajstić information content (AvgIpc) is 2.78. The van der Waals surface area contributed by atoms with Crippen LogP contribution in [0, 0.1) is 0 Å². The van der Waals surface area contributed by atoms with E-state index in [1.807, 2.05) is 18.2 Å². The zero-order valence-corrected chi connectivity index (χ0v) is 11.4. The number of nitrogen functional groups attached to an aromatic ring is 2. The molecular weight excluding hydrogens is 276 g/mol. The number of anilines is 4. The lowest BCUT2D eigenvalue weighted by Gasteiger charge is -2.02. The van der Waals surface area contributed by atoms with Gasteiger partial charge in [0.1, 0.15) is 17.4 Å². The molecule has 0 fully saturated rings. The van der Waals surface area contributed by atoms with E-state index in [9.17, 15) is 0 Å². The molecule has 0 bridgehead atoms. The molecule has 0 aliphatic heterocycles. The van der Waals surface area contributed by atoms with Crippen molar-refractivity contribution in [3.05, 3.63) is 24.3 Å². The molecule has 0 spiro atoms. The largest absolute Gasteiger partial charge is 0.497 e. The molecular formula is C12H12N6OS. The Bertz CT molecular complexity index is 751. The van der Waals surface area contributed by atoms with Gasteiger partial charge in [0.15, 0.2) is 5.13 Å². The molecule has 0 aliphatic rings. The van der Waals surface area contributed by atoms with Crippen molar-refractivity contribution in [3.63, 3.8) is 0 Å². The molecule has 0 radical (unpaired) electrons. The van der Waals surface area contributed by atoms with Gasteiger partial charge < -0.3 is 21.5 Å². The van der Waals surface area contributed by atoms with E-state index in [0.29, 0.717) is 16.8 Å². The number of benzene rings is 1. The third-order valence-electron chi connectivity index (χ3n) is 2.59. The summed E-state index contributed by atoms with van der Waals surface area (Å²) in [5.41, 5.74) is 12.1. The second-order valence-corrected chi connectivity index (χ2v) is 5.04. The first-order chi connectivity index (χ1) is 9.64.